The van der Waals surface area contributed by atoms with Gasteiger partial charge in [0.2, 0.25) is 5.91 Å². The molecule has 0 radical (unpaired) electrons. The molecule has 0 saturated carbocycles. The second-order valence-corrected chi connectivity index (χ2v) is 3.36. The lowest BCUT2D eigenvalue weighted by atomic mass is 9.91. The molecule has 1 aromatic carbocycles. The largest absolute Gasteiger partial charge is 0.472 e. The van der Waals surface area contributed by atoms with Crippen LogP contribution in [0.4, 0.5) is 0 Å². The minimum absolute atomic E-state index is 0.143. The molecule has 0 aliphatic carbocycles. The number of hydrogen-bond acceptors (Lipinski definition) is 3. The molecule has 1 aromatic rings. The van der Waals surface area contributed by atoms with Crippen molar-refractivity contribution < 1.29 is 14.8 Å². The van der Waals surface area contributed by atoms with Crippen LogP contribution in [-0.2, 0) is 4.79 Å². The van der Waals surface area contributed by atoms with Crippen LogP contribution in [0.3, 0.4) is 0 Å². The monoisotopic (exact) mass is 207 g/mol. The summed E-state index contributed by atoms with van der Waals surface area (Å²) in [6.07, 6.45) is -0.143. The van der Waals surface area contributed by atoms with Crippen LogP contribution in [0.1, 0.15) is 18.4 Å². The normalized spacial score (nSPS) is 11.9. The highest BCUT2D eigenvalue weighted by atomic mass is 16.4. The summed E-state index contributed by atoms with van der Waals surface area (Å²) in [7, 11) is -1.50. The Morgan fingerprint density at radius 3 is 2.53 bits per heavy atom. The molecule has 0 spiro atoms. The van der Waals surface area contributed by atoms with Gasteiger partial charge in [-0.3, -0.25) is 4.79 Å². The summed E-state index contributed by atoms with van der Waals surface area (Å²) in [6, 6.07) is 9.32. The maximum atomic E-state index is 11.5. The molecule has 0 aromatic heterocycles. The minimum Gasteiger partial charge on any atom is -0.426 e. The molecule has 0 saturated heterocycles. The molecule has 1 amide bonds. The molecule has 1 unspecified atom stereocenters. The second kappa shape index (κ2) is 5.53. The third-order valence-corrected chi connectivity index (χ3v) is 2.15. The highest BCUT2D eigenvalue weighted by Crippen LogP contribution is 2.13. The van der Waals surface area contributed by atoms with Gasteiger partial charge in [-0.15, -0.1) is 0 Å². The van der Waals surface area contributed by atoms with E-state index in [9.17, 15) is 4.79 Å². The van der Waals surface area contributed by atoms with E-state index in [1.807, 2.05) is 30.3 Å². The molecular weight excluding hydrogens is 193 g/mol. The van der Waals surface area contributed by atoms with Crippen molar-refractivity contribution >= 4 is 13.0 Å². The van der Waals surface area contributed by atoms with Gasteiger partial charge in [0.05, 0.1) is 12.4 Å². The van der Waals surface area contributed by atoms with Crippen molar-refractivity contribution in [3.05, 3.63) is 35.9 Å². The van der Waals surface area contributed by atoms with Crippen molar-refractivity contribution in [1.29, 1.82) is 0 Å². The van der Waals surface area contributed by atoms with Gasteiger partial charge >= 0.3 is 7.12 Å². The van der Waals surface area contributed by atoms with E-state index < -0.39 is 7.12 Å². The van der Waals surface area contributed by atoms with Crippen LogP contribution in [0, 0.1) is 0 Å². The molecule has 3 N–H and O–H groups in total. The number of hydrogen-bond donors (Lipinski definition) is 3. The predicted octanol–water partition coefficient (Wildman–Crippen LogP) is -0.0817. The summed E-state index contributed by atoms with van der Waals surface area (Å²) >= 11 is 0. The third kappa shape index (κ3) is 3.73. The summed E-state index contributed by atoms with van der Waals surface area (Å²) in [5, 5.41) is 19.6. The van der Waals surface area contributed by atoms with E-state index in [0.717, 1.165) is 5.56 Å². The molecule has 0 fully saturated rings. The first-order chi connectivity index (χ1) is 7.11. The minimum atomic E-state index is -1.50. The fraction of sp³-hybridized carbons (Fsp3) is 0.300. The van der Waals surface area contributed by atoms with Gasteiger partial charge in [0.15, 0.2) is 0 Å². The van der Waals surface area contributed by atoms with Crippen LogP contribution < -0.4 is 5.32 Å². The molecule has 15 heavy (non-hydrogen) atoms. The Morgan fingerprint density at radius 1 is 1.40 bits per heavy atom. The molecule has 0 aliphatic heterocycles. The van der Waals surface area contributed by atoms with E-state index in [4.69, 9.17) is 10.0 Å². The average Bonchev–Trinajstić information content (AvgIpc) is 2.26. The second-order valence-electron chi connectivity index (χ2n) is 3.36. The Bertz CT molecular complexity index is 316. The zero-order valence-corrected chi connectivity index (χ0v) is 8.55. The van der Waals surface area contributed by atoms with Gasteiger partial charge in [-0.2, -0.15) is 0 Å². The summed E-state index contributed by atoms with van der Waals surface area (Å²) < 4.78 is 0. The van der Waals surface area contributed by atoms with E-state index in [1.165, 1.54) is 0 Å². The first-order valence-electron chi connectivity index (χ1n) is 4.80. The Balaban J connectivity index is 2.54. The Labute approximate surface area is 89.1 Å². The van der Waals surface area contributed by atoms with Gasteiger partial charge in [0.25, 0.3) is 0 Å². The number of carbonyl (C=O) groups excluding carboxylic acids is 1. The van der Waals surface area contributed by atoms with Crippen LogP contribution in [0.5, 0.6) is 0 Å². The average molecular weight is 207 g/mol. The lowest BCUT2D eigenvalue weighted by Crippen LogP contribution is -2.37. The molecule has 4 nitrogen and oxygen atoms in total. The summed E-state index contributed by atoms with van der Waals surface area (Å²) in [6.45, 7) is 1.77. The van der Waals surface area contributed by atoms with Crippen LogP contribution in [0.25, 0.3) is 0 Å². The van der Waals surface area contributed by atoms with Crippen LogP contribution >= 0.6 is 0 Å². The SMILES string of the molecule is CC(C(=O)NCB(O)O)c1ccccc1. The highest BCUT2D eigenvalue weighted by molar-refractivity contribution is 6.41. The quantitative estimate of drug-likeness (QED) is 0.604. The number of benzene rings is 1. The van der Waals surface area contributed by atoms with Crippen molar-refractivity contribution in [3.8, 4) is 0 Å². The molecule has 80 valence electrons. The topological polar surface area (TPSA) is 69.6 Å². The standard InChI is InChI=1S/C10H14BNO3/c1-8(9-5-3-2-4-6-9)10(13)12-7-11(14)15/h2-6,8,14-15H,7H2,1H3,(H,12,13). The van der Waals surface area contributed by atoms with E-state index >= 15 is 0 Å². The van der Waals surface area contributed by atoms with Gasteiger partial charge < -0.3 is 15.4 Å². The van der Waals surface area contributed by atoms with Gasteiger partial charge in [-0.1, -0.05) is 30.3 Å². The molecule has 5 heteroatoms. The first-order valence-corrected chi connectivity index (χ1v) is 4.80. The van der Waals surface area contributed by atoms with Crippen LogP contribution in [-0.4, -0.2) is 29.5 Å². The van der Waals surface area contributed by atoms with E-state index in [-0.39, 0.29) is 18.3 Å². The van der Waals surface area contributed by atoms with Crippen LogP contribution in [0.15, 0.2) is 30.3 Å². The Kier molecular flexibility index (Phi) is 4.33. The number of rotatable bonds is 4. The van der Waals surface area contributed by atoms with Gasteiger partial charge in [-0.25, -0.2) is 0 Å². The third-order valence-electron chi connectivity index (χ3n) is 2.15. The fourth-order valence-corrected chi connectivity index (χ4v) is 1.24. The van der Waals surface area contributed by atoms with Crippen molar-refractivity contribution in [1.82, 2.24) is 5.32 Å². The maximum absolute atomic E-state index is 11.5. The van der Waals surface area contributed by atoms with Crippen molar-refractivity contribution in [2.75, 3.05) is 6.44 Å². The van der Waals surface area contributed by atoms with E-state index in [2.05, 4.69) is 5.32 Å². The lowest BCUT2D eigenvalue weighted by molar-refractivity contribution is -0.122. The van der Waals surface area contributed by atoms with E-state index in [0.29, 0.717) is 0 Å². The molecule has 1 atom stereocenters. The maximum Gasteiger partial charge on any atom is 0.472 e. The smallest absolute Gasteiger partial charge is 0.426 e. The van der Waals surface area contributed by atoms with Gasteiger partial charge in [0, 0.05) is 0 Å². The predicted molar refractivity (Wildman–Crippen MR) is 58.1 cm³/mol. The molecule has 0 aliphatic rings. The van der Waals surface area contributed by atoms with Crippen molar-refractivity contribution in [2.45, 2.75) is 12.8 Å². The Hall–Kier alpha value is -1.33. The van der Waals surface area contributed by atoms with Crippen molar-refractivity contribution in [2.24, 2.45) is 0 Å². The zero-order valence-electron chi connectivity index (χ0n) is 8.55. The number of nitrogens with one attached hydrogen (secondary N) is 1. The van der Waals surface area contributed by atoms with Gasteiger partial charge in [-0.05, 0) is 12.5 Å². The number of carbonyl (C=O) groups is 1. The first kappa shape index (κ1) is 11.7. The van der Waals surface area contributed by atoms with Crippen LogP contribution in [0.2, 0.25) is 0 Å². The molecular formula is C10H14BNO3. The molecule has 0 heterocycles. The van der Waals surface area contributed by atoms with E-state index in [1.54, 1.807) is 6.92 Å². The summed E-state index contributed by atoms with van der Waals surface area (Å²) in [5.74, 6) is -0.501. The number of amides is 1. The zero-order chi connectivity index (χ0) is 11.3. The summed E-state index contributed by atoms with van der Waals surface area (Å²) in [5.41, 5.74) is 0.905. The lowest BCUT2D eigenvalue weighted by Gasteiger charge is -2.11. The molecule has 0 bridgehead atoms. The highest BCUT2D eigenvalue weighted by Gasteiger charge is 2.16. The van der Waals surface area contributed by atoms with Gasteiger partial charge in [0.1, 0.15) is 0 Å². The Morgan fingerprint density at radius 2 is 2.00 bits per heavy atom. The van der Waals surface area contributed by atoms with Crippen molar-refractivity contribution in [3.63, 3.8) is 0 Å². The molecule has 1 rings (SSSR count). The summed E-state index contributed by atoms with van der Waals surface area (Å²) in [4.78, 5) is 11.5. The fourth-order valence-electron chi connectivity index (χ4n) is 1.24.